The van der Waals surface area contributed by atoms with Gasteiger partial charge >= 0.3 is 5.97 Å². The van der Waals surface area contributed by atoms with Crippen LogP contribution >= 0.6 is 0 Å². The number of allylic oxidation sites excluding steroid dienone is 4. The van der Waals surface area contributed by atoms with Crippen molar-refractivity contribution in [2.45, 2.75) is 188 Å². The number of aromatic carboxylic acids is 1. The van der Waals surface area contributed by atoms with E-state index in [0.717, 1.165) is 54.4 Å². The molecule has 0 unspecified atom stereocenters. The Morgan fingerprint density at radius 2 is 1.87 bits per heavy atom. The molecule has 4 fully saturated rings. The van der Waals surface area contributed by atoms with Crippen LogP contribution in [0, 0.1) is 69.7 Å². The van der Waals surface area contributed by atoms with E-state index in [4.69, 9.17) is 23.7 Å². The van der Waals surface area contributed by atoms with Crippen LogP contribution in [-0.4, -0.2) is 145 Å². The standard InChI is InChI=1S/C72H89N3O14/c1-4-9-45-19-21-52(34-49(45)33-50(41-85-3)58(40-77)75-29-26-44(38-73)39-75)87-68-72-37-56(59(78)13-8-31-86-61(14-7-30-76)65(88-68)64(80)66(72)81)69(35-53(89-72)22-24-57-43(2)32-48-10-5-12-60(79)63(48)74-57)28-25-62-70(84,42-69)36-55-54(23-20-51-11-6-27-71(51,55)62)46-15-17-47(18-16-46)67(82)83/h4-5,10,15-19,21,25-26,28-29,32,34-35,39,43,50-51,54-66,68,74,76-81,84H,1,6-7,9,11-14,20,22-24,27,30,33,36-37,40-42H2,2-3H3,(H,82,83)/t43-,50-,51-,54-,55-,56+,57+,58+,59+,60-,61-,62+,63+,64+,65+,66-,68-,69-,70+,71+,72+/m0/s1. The number of benzene rings is 2. The van der Waals surface area contributed by atoms with Crippen LogP contribution in [0.15, 0.2) is 121 Å². The van der Waals surface area contributed by atoms with Gasteiger partial charge in [-0.3, -0.25) is 0 Å². The highest BCUT2D eigenvalue weighted by molar-refractivity contribution is 5.87. The van der Waals surface area contributed by atoms with Crippen molar-refractivity contribution in [3.63, 3.8) is 0 Å². The monoisotopic (exact) mass is 1220 g/mol. The van der Waals surface area contributed by atoms with E-state index in [0.29, 0.717) is 61.5 Å². The summed E-state index contributed by atoms with van der Waals surface area (Å²) in [7, 11) is 1.61. The normalized spacial score (nSPS) is 38.2. The van der Waals surface area contributed by atoms with Gasteiger partial charge < -0.3 is 74.4 Å². The summed E-state index contributed by atoms with van der Waals surface area (Å²) in [6.07, 6.45) is 19.9. The molecule has 1 saturated heterocycles. The molecule has 5 aliphatic heterocycles. The van der Waals surface area contributed by atoms with Crippen molar-refractivity contribution in [1.82, 2.24) is 9.88 Å². The average molecular weight is 1220 g/mol. The number of carboxylic acids is 1. The number of fused-ring (bicyclic) bond motifs is 8. The van der Waals surface area contributed by atoms with Gasteiger partial charge in [-0.25, -0.2) is 4.79 Å². The van der Waals surface area contributed by atoms with Crippen molar-refractivity contribution in [2.24, 2.45) is 46.3 Å². The van der Waals surface area contributed by atoms with Gasteiger partial charge in [0.2, 0.25) is 6.29 Å². The number of aliphatic hydroxyl groups is 7. The van der Waals surface area contributed by atoms with E-state index in [1.54, 1.807) is 37.7 Å². The fourth-order valence-electron chi connectivity index (χ4n) is 18.5. The van der Waals surface area contributed by atoms with E-state index in [1.165, 1.54) is 0 Å². The lowest BCUT2D eigenvalue weighted by Crippen LogP contribution is -2.71. The van der Waals surface area contributed by atoms with Crippen LogP contribution in [-0.2, 0) is 31.8 Å². The Balaban J connectivity index is 0.979. The van der Waals surface area contributed by atoms with Crippen molar-refractivity contribution in [3.8, 4) is 23.8 Å². The number of carbonyl (C=O) groups is 1. The zero-order chi connectivity index (χ0) is 62.4. The molecule has 3 aromatic rings. The molecule has 3 bridgehead atoms. The fourth-order valence-corrected chi connectivity index (χ4v) is 18.5. The Kier molecular flexibility index (Phi) is 18.4. The first kappa shape index (κ1) is 63.1. The molecule has 0 radical (unpaired) electrons. The second-order valence-corrected chi connectivity index (χ2v) is 27.5. The lowest BCUT2D eigenvalue weighted by Gasteiger charge is -2.54. The van der Waals surface area contributed by atoms with Gasteiger partial charge in [-0.15, -0.1) is 6.58 Å². The van der Waals surface area contributed by atoms with Gasteiger partial charge in [0.05, 0.1) is 60.0 Å². The first-order valence-electron chi connectivity index (χ1n) is 32.5. The van der Waals surface area contributed by atoms with Gasteiger partial charge in [0.25, 0.3) is 0 Å². The van der Waals surface area contributed by atoms with Crippen molar-refractivity contribution in [2.75, 3.05) is 26.9 Å². The highest BCUT2D eigenvalue weighted by Crippen LogP contribution is 2.74. The molecule has 3 saturated carbocycles. The maximum atomic E-state index is 14.1. The number of aromatic nitrogens is 1. The van der Waals surface area contributed by atoms with Crippen LogP contribution in [0.25, 0.3) is 0 Å². The highest BCUT2D eigenvalue weighted by Gasteiger charge is 2.71. The first-order chi connectivity index (χ1) is 43.0. The summed E-state index contributed by atoms with van der Waals surface area (Å²) in [6, 6.07) is 16.0. The van der Waals surface area contributed by atoms with Crippen molar-refractivity contribution in [3.05, 3.63) is 149 Å². The molecule has 2 aromatic carbocycles. The first-order valence-corrected chi connectivity index (χ1v) is 32.5. The lowest BCUT2D eigenvalue weighted by molar-refractivity contribution is -0.337. The summed E-state index contributed by atoms with van der Waals surface area (Å²) in [4.78, 5) is 12.1. The number of aliphatic hydroxyl groups excluding tert-OH is 6. The van der Waals surface area contributed by atoms with Gasteiger partial charge in [-0.1, -0.05) is 73.9 Å². The van der Waals surface area contributed by atoms with Gasteiger partial charge in [0.15, 0.2) is 5.60 Å². The van der Waals surface area contributed by atoms with E-state index in [-0.39, 0.29) is 105 Å². The molecule has 89 heavy (non-hydrogen) atoms. The van der Waals surface area contributed by atoms with E-state index < -0.39 is 77.5 Å². The summed E-state index contributed by atoms with van der Waals surface area (Å²) in [6.45, 7) is 6.04. The number of nitrogens with one attached hydrogen (secondary N) is 1. The largest absolute Gasteiger partial charge is 0.482 e. The summed E-state index contributed by atoms with van der Waals surface area (Å²) < 4.78 is 35.9. The van der Waals surface area contributed by atoms with Crippen molar-refractivity contribution in [1.29, 1.82) is 5.26 Å². The quantitative estimate of drug-likeness (QED) is 0.0408. The number of rotatable bonds is 19. The molecular weight excluding hydrogens is 1130 g/mol. The molecule has 6 heterocycles. The van der Waals surface area contributed by atoms with E-state index >= 15 is 0 Å². The van der Waals surface area contributed by atoms with Crippen molar-refractivity contribution < 1.29 is 69.3 Å². The smallest absolute Gasteiger partial charge is 0.335 e. The minimum atomic E-state index is -1.97. The number of hydrogen-bond acceptors (Lipinski definition) is 15. The lowest BCUT2D eigenvalue weighted by atomic mass is 9.52. The average Bonchev–Trinajstić information content (AvgIpc) is 1.54. The van der Waals surface area contributed by atoms with Gasteiger partial charge in [0.1, 0.15) is 42.3 Å². The van der Waals surface area contributed by atoms with Crippen molar-refractivity contribution >= 4 is 5.97 Å². The second-order valence-electron chi connectivity index (χ2n) is 27.5. The predicted octanol–water partition coefficient (Wildman–Crippen LogP) is 7.87. The van der Waals surface area contributed by atoms with E-state index in [2.05, 4.69) is 67.3 Å². The number of nitrogens with zero attached hydrogens (tertiary/aromatic N) is 2. The summed E-state index contributed by atoms with van der Waals surface area (Å²) in [5.74, 6) is 2.06. The highest BCUT2D eigenvalue weighted by atomic mass is 16.7. The third kappa shape index (κ3) is 11.7. The molecule has 9 N–H and O–H groups in total. The third-order valence-electron chi connectivity index (χ3n) is 22.6. The molecule has 1 aromatic heterocycles. The minimum Gasteiger partial charge on any atom is -0.482 e. The van der Waals surface area contributed by atoms with Gasteiger partial charge in [-0.05, 0) is 165 Å². The Morgan fingerprint density at radius 3 is 2.62 bits per heavy atom. The molecule has 17 nitrogen and oxygen atoms in total. The molecule has 476 valence electrons. The number of hydrogen-bond donors (Lipinski definition) is 9. The van der Waals surface area contributed by atoms with E-state index in [9.17, 15) is 50.9 Å². The van der Waals surface area contributed by atoms with Crippen LogP contribution in [0.5, 0.6) is 5.75 Å². The van der Waals surface area contributed by atoms with Crippen LogP contribution < -0.4 is 10.1 Å². The van der Waals surface area contributed by atoms with Gasteiger partial charge in [-0.2, -0.15) is 5.26 Å². The summed E-state index contributed by atoms with van der Waals surface area (Å²) >= 11 is 0. The Morgan fingerprint density at radius 1 is 1.03 bits per heavy atom. The van der Waals surface area contributed by atoms with Gasteiger partial charge in [0, 0.05) is 74.6 Å². The molecule has 13 rings (SSSR count). The molecular formula is C72H89N3O14. The Bertz CT molecular complexity index is 3300. The molecule has 17 heteroatoms. The molecule has 5 aliphatic carbocycles. The summed E-state index contributed by atoms with van der Waals surface area (Å²) in [5, 5.41) is 109. The molecule has 21 atom stereocenters. The zero-order valence-electron chi connectivity index (χ0n) is 51.2. The summed E-state index contributed by atoms with van der Waals surface area (Å²) in [5.41, 5.74) is -0.0801. The van der Waals surface area contributed by atoms with Crippen LogP contribution in [0.3, 0.4) is 0 Å². The predicted molar refractivity (Wildman–Crippen MR) is 330 cm³/mol. The number of nitriles is 1. The molecule has 10 aliphatic rings. The Labute approximate surface area is 522 Å². The number of carboxylic acid groups (broad SMARTS) is 1. The number of ether oxygens (including phenoxy) is 5. The Hall–Kier alpha value is -6.06. The molecule has 3 spiro atoms. The topological polar surface area (TPSA) is 266 Å². The third-order valence-corrected chi connectivity index (χ3v) is 22.6. The van der Waals surface area contributed by atoms with Crippen LogP contribution in [0.4, 0.5) is 0 Å². The zero-order valence-corrected chi connectivity index (χ0v) is 51.2. The maximum absolute atomic E-state index is 14.1. The second kappa shape index (κ2) is 25.9. The van der Waals surface area contributed by atoms with Crippen LogP contribution in [0.1, 0.15) is 141 Å². The fraction of sp³-hybridized carbons (Fsp3) is 0.583. The van der Waals surface area contributed by atoms with Crippen LogP contribution in [0.2, 0.25) is 0 Å². The number of methoxy groups -OCH3 is 1. The minimum absolute atomic E-state index is 0.0378. The SMILES string of the molecule is C=CCc1ccc(O[C@H]2O[C@H]3[C@@H](O)[C@H](O)[C@]24C[C@H]([C@H](O)CC#CO[C@H]3CCCO)[C@@]2(C=C[C@@H]3[C@@](O)(C[C@H]5[C@H](c6ccc(C(=O)O)cc6)CC[C@@H]6CCC[C@]635)C2)C=C(CC[C@H]2N[C@@H]3C(=C[C@@H]2C)C=CC[C@@H]3O)O4)cc1C[C@@H](COC)[C@@H](CO)n1ccc(C#N)c1. The molecule has 0 amide bonds. The van der Waals surface area contributed by atoms with E-state index in [1.807, 2.05) is 47.1 Å². The maximum Gasteiger partial charge on any atom is 0.335 e.